The van der Waals surface area contributed by atoms with Crippen LogP contribution in [0.5, 0.6) is 0 Å². The molecule has 11 heteroatoms. The van der Waals surface area contributed by atoms with Crippen molar-refractivity contribution in [2.75, 3.05) is 4.72 Å². The third-order valence-corrected chi connectivity index (χ3v) is 4.19. The van der Waals surface area contributed by atoms with Crippen molar-refractivity contribution in [3.8, 4) is 0 Å². The summed E-state index contributed by atoms with van der Waals surface area (Å²) in [6, 6.07) is 3.18. The molecule has 0 aliphatic carbocycles. The van der Waals surface area contributed by atoms with Gasteiger partial charge < -0.3 is 0 Å². The lowest BCUT2D eigenvalue weighted by atomic mass is 10.3. The van der Waals surface area contributed by atoms with E-state index in [0.717, 1.165) is 12.1 Å². The van der Waals surface area contributed by atoms with Gasteiger partial charge in [0.25, 0.3) is 15.7 Å². The van der Waals surface area contributed by atoms with Crippen LogP contribution in [0.1, 0.15) is 0 Å². The second-order valence-electron chi connectivity index (χ2n) is 3.67. The minimum atomic E-state index is -4.27. The van der Waals surface area contributed by atoms with Crippen molar-refractivity contribution in [1.29, 1.82) is 0 Å². The van der Waals surface area contributed by atoms with E-state index in [1.54, 1.807) is 0 Å². The molecular formula is C10H6Cl2N4O4S. The molecule has 0 spiro atoms. The Morgan fingerprint density at radius 1 is 1.19 bits per heavy atom. The number of nitro benzene ring substituents is 1. The van der Waals surface area contributed by atoms with Crippen molar-refractivity contribution < 1.29 is 13.3 Å². The number of anilines is 1. The van der Waals surface area contributed by atoms with Crippen LogP contribution in [-0.2, 0) is 10.0 Å². The van der Waals surface area contributed by atoms with Gasteiger partial charge in [-0.2, -0.15) is 0 Å². The third-order valence-electron chi connectivity index (χ3n) is 2.29. The maximum Gasteiger partial charge on any atom is 0.291 e. The molecule has 1 aromatic heterocycles. The molecule has 0 bridgehead atoms. The molecule has 21 heavy (non-hydrogen) atoms. The number of nitrogens with zero attached hydrogens (tertiary/aromatic N) is 3. The second kappa shape index (κ2) is 5.80. The van der Waals surface area contributed by atoms with Gasteiger partial charge >= 0.3 is 0 Å². The number of hydrogen-bond donors (Lipinski definition) is 1. The fourth-order valence-electron chi connectivity index (χ4n) is 1.43. The van der Waals surface area contributed by atoms with Crippen molar-refractivity contribution in [2.45, 2.75) is 4.90 Å². The molecular weight excluding hydrogens is 343 g/mol. The minimum absolute atomic E-state index is 0.0400. The minimum Gasteiger partial charge on any atom is -0.261 e. The van der Waals surface area contributed by atoms with E-state index in [1.807, 2.05) is 4.72 Å². The molecule has 0 saturated heterocycles. The highest BCUT2D eigenvalue weighted by molar-refractivity contribution is 7.92. The Bertz CT molecular complexity index is 812. The number of aromatic nitrogens is 2. The normalized spacial score (nSPS) is 11.1. The molecule has 1 aromatic carbocycles. The van der Waals surface area contributed by atoms with Crippen LogP contribution >= 0.6 is 23.2 Å². The van der Waals surface area contributed by atoms with Gasteiger partial charge in [0.2, 0.25) is 0 Å². The Balaban J connectivity index is 2.50. The number of rotatable bonds is 4. The van der Waals surface area contributed by atoms with Crippen molar-refractivity contribution in [3.63, 3.8) is 0 Å². The maximum absolute atomic E-state index is 12.2. The molecule has 110 valence electrons. The Hall–Kier alpha value is -1.97. The first-order chi connectivity index (χ1) is 9.81. The molecule has 8 nitrogen and oxygen atoms in total. The molecule has 1 N–H and O–H groups in total. The Morgan fingerprint density at radius 3 is 2.48 bits per heavy atom. The average molecular weight is 349 g/mol. The summed E-state index contributed by atoms with van der Waals surface area (Å²) in [6.45, 7) is 0. The van der Waals surface area contributed by atoms with Gasteiger partial charge in [0.05, 0.1) is 4.92 Å². The topological polar surface area (TPSA) is 115 Å². The summed E-state index contributed by atoms with van der Waals surface area (Å²) < 4.78 is 26.4. The van der Waals surface area contributed by atoms with E-state index < -0.39 is 25.5 Å². The lowest BCUT2D eigenvalue weighted by Gasteiger charge is -2.08. The fraction of sp³-hybridized carbons (Fsp3) is 0. The fourth-order valence-corrected chi connectivity index (χ4v) is 2.98. The summed E-state index contributed by atoms with van der Waals surface area (Å²) in [5.41, 5.74) is -0.657. The highest BCUT2D eigenvalue weighted by Crippen LogP contribution is 2.29. The number of halogens is 2. The van der Waals surface area contributed by atoms with E-state index in [0.29, 0.717) is 0 Å². The SMILES string of the molecule is O=[N+]([O-])c1cc(Cl)ccc1S(=O)(=O)Nc1nccnc1Cl. The van der Waals surface area contributed by atoms with Crippen LogP contribution in [0.3, 0.4) is 0 Å². The predicted molar refractivity (Wildman–Crippen MR) is 76.0 cm³/mol. The average Bonchev–Trinajstić information content (AvgIpc) is 2.40. The molecule has 2 rings (SSSR count). The zero-order valence-corrected chi connectivity index (χ0v) is 12.4. The third kappa shape index (κ3) is 3.38. The molecule has 0 unspecified atom stereocenters. The number of nitro groups is 1. The molecule has 0 atom stereocenters. The van der Waals surface area contributed by atoms with Gasteiger partial charge in [0.15, 0.2) is 15.9 Å². The second-order valence-corrected chi connectivity index (χ2v) is 6.12. The molecule has 2 aromatic rings. The number of benzene rings is 1. The summed E-state index contributed by atoms with van der Waals surface area (Å²) in [5, 5.41) is 10.8. The van der Waals surface area contributed by atoms with E-state index in [9.17, 15) is 18.5 Å². The molecule has 0 amide bonds. The highest BCUT2D eigenvalue weighted by Gasteiger charge is 2.27. The van der Waals surface area contributed by atoms with Crippen molar-refractivity contribution in [3.05, 3.63) is 50.9 Å². The van der Waals surface area contributed by atoms with Gasteiger partial charge in [-0.05, 0) is 12.1 Å². The molecule has 0 radical (unpaired) electrons. The van der Waals surface area contributed by atoms with Crippen LogP contribution in [0.25, 0.3) is 0 Å². The largest absolute Gasteiger partial charge is 0.291 e. The van der Waals surface area contributed by atoms with Crippen LogP contribution in [-0.4, -0.2) is 23.3 Å². The Kier molecular flexibility index (Phi) is 4.26. The van der Waals surface area contributed by atoms with Crippen molar-refractivity contribution in [2.24, 2.45) is 0 Å². The van der Waals surface area contributed by atoms with E-state index in [-0.39, 0.29) is 16.0 Å². The Morgan fingerprint density at radius 2 is 1.86 bits per heavy atom. The standard InChI is InChI=1S/C10H6Cl2N4O4S/c11-6-1-2-8(7(5-6)16(17)18)21(19,20)15-10-9(12)13-3-4-14-10/h1-5H,(H,14,15). The van der Waals surface area contributed by atoms with E-state index >= 15 is 0 Å². The van der Waals surface area contributed by atoms with Gasteiger partial charge in [-0.1, -0.05) is 23.2 Å². The smallest absolute Gasteiger partial charge is 0.261 e. The van der Waals surface area contributed by atoms with Gasteiger partial charge in [-0.15, -0.1) is 0 Å². The van der Waals surface area contributed by atoms with Gasteiger partial charge in [-0.25, -0.2) is 18.4 Å². The highest BCUT2D eigenvalue weighted by atomic mass is 35.5. The quantitative estimate of drug-likeness (QED) is 0.670. The summed E-state index contributed by atoms with van der Waals surface area (Å²) in [7, 11) is -4.27. The number of hydrogen-bond acceptors (Lipinski definition) is 6. The van der Waals surface area contributed by atoms with Crippen LogP contribution in [0.2, 0.25) is 10.2 Å². The zero-order chi connectivity index (χ0) is 15.6. The zero-order valence-electron chi connectivity index (χ0n) is 10.0. The summed E-state index contributed by atoms with van der Waals surface area (Å²) in [6.07, 6.45) is 2.49. The van der Waals surface area contributed by atoms with Gasteiger partial charge in [0, 0.05) is 23.5 Å². The van der Waals surface area contributed by atoms with Crippen molar-refractivity contribution in [1.82, 2.24) is 9.97 Å². The molecule has 0 aliphatic rings. The molecule has 0 fully saturated rings. The van der Waals surface area contributed by atoms with E-state index in [1.165, 1.54) is 18.5 Å². The molecule has 0 aliphatic heterocycles. The number of nitrogens with one attached hydrogen (secondary N) is 1. The molecule has 1 heterocycles. The molecule has 0 saturated carbocycles. The van der Waals surface area contributed by atoms with Crippen LogP contribution in [0.4, 0.5) is 11.5 Å². The van der Waals surface area contributed by atoms with Crippen LogP contribution < -0.4 is 4.72 Å². The predicted octanol–water partition coefficient (Wildman–Crippen LogP) is 2.49. The lowest BCUT2D eigenvalue weighted by Crippen LogP contribution is -2.16. The first-order valence-corrected chi connectivity index (χ1v) is 7.48. The van der Waals surface area contributed by atoms with E-state index in [2.05, 4.69) is 9.97 Å². The lowest BCUT2D eigenvalue weighted by molar-refractivity contribution is -0.387. The van der Waals surface area contributed by atoms with Gasteiger partial charge in [0.1, 0.15) is 0 Å². The number of sulfonamides is 1. The van der Waals surface area contributed by atoms with Gasteiger partial charge in [-0.3, -0.25) is 14.8 Å². The summed E-state index contributed by atoms with van der Waals surface area (Å²) in [4.78, 5) is 16.9. The summed E-state index contributed by atoms with van der Waals surface area (Å²) in [5.74, 6) is -0.233. The van der Waals surface area contributed by atoms with E-state index in [4.69, 9.17) is 23.2 Å². The van der Waals surface area contributed by atoms with Crippen LogP contribution in [0.15, 0.2) is 35.5 Å². The monoisotopic (exact) mass is 348 g/mol. The van der Waals surface area contributed by atoms with Crippen LogP contribution in [0, 0.1) is 10.1 Å². The Labute approximate surface area is 128 Å². The first-order valence-electron chi connectivity index (χ1n) is 5.24. The van der Waals surface area contributed by atoms with Crippen molar-refractivity contribution >= 4 is 44.7 Å². The summed E-state index contributed by atoms with van der Waals surface area (Å²) >= 11 is 11.3. The maximum atomic E-state index is 12.2. The first kappa shape index (κ1) is 15.4.